The second-order valence-corrected chi connectivity index (χ2v) is 8.90. The molecule has 0 unspecified atom stereocenters. The van der Waals surface area contributed by atoms with Crippen molar-refractivity contribution in [2.45, 2.75) is 31.7 Å². The molecule has 8 heteroatoms. The van der Waals surface area contributed by atoms with E-state index in [4.69, 9.17) is 9.47 Å². The minimum absolute atomic E-state index is 0.0484. The van der Waals surface area contributed by atoms with Crippen molar-refractivity contribution in [2.24, 2.45) is 0 Å². The number of aryl methyl sites for hydroxylation is 1. The molecule has 2 amide bonds. The van der Waals surface area contributed by atoms with Gasteiger partial charge in [-0.3, -0.25) is 14.5 Å². The largest absolute Gasteiger partial charge is 0.454 e. The van der Waals surface area contributed by atoms with Gasteiger partial charge in [0.15, 0.2) is 11.5 Å². The molecule has 2 aromatic rings. The van der Waals surface area contributed by atoms with Crippen molar-refractivity contribution in [1.29, 1.82) is 0 Å². The van der Waals surface area contributed by atoms with Gasteiger partial charge in [0.2, 0.25) is 6.79 Å². The number of anilines is 2. The summed E-state index contributed by atoms with van der Waals surface area (Å²) in [5, 5.41) is 5.50. The second kappa shape index (κ2) is 9.31. The Labute approximate surface area is 193 Å². The number of carbonyl (C=O) groups excluding carboxylic acids is 2. The lowest BCUT2D eigenvalue weighted by Crippen LogP contribution is -2.41. The van der Waals surface area contributed by atoms with Gasteiger partial charge in [0.1, 0.15) is 0 Å². The van der Waals surface area contributed by atoms with Crippen LogP contribution < -0.4 is 25.0 Å². The van der Waals surface area contributed by atoms with E-state index in [0.29, 0.717) is 23.7 Å². The molecule has 3 aliphatic rings. The van der Waals surface area contributed by atoms with E-state index in [-0.39, 0.29) is 12.8 Å². The van der Waals surface area contributed by atoms with Gasteiger partial charge < -0.3 is 25.0 Å². The average molecular weight is 451 g/mol. The lowest BCUT2D eigenvalue weighted by Gasteiger charge is -2.31. The SMILES string of the molecule is CN1CCCc2cc([C@H](CNC(=O)C(=O)Nc3ccc4c(c3)OCO4)N3CCCC3)ccc21. The molecule has 0 saturated carbocycles. The molecular formula is C25H30N4O4. The van der Waals surface area contributed by atoms with Gasteiger partial charge in [-0.1, -0.05) is 12.1 Å². The number of hydrogen-bond donors (Lipinski definition) is 2. The number of hydrogen-bond acceptors (Lipinski definition) is 6. The van der Waals surface area contributed by atoms with Gasteiger partial charge in [0.05, 0.1) is 6.04 Å². The molecule has 8 nitrogen and oxygen atoms in total. The topological polar surface area (TPSA) is 83.1 Å². The van der Waals surface area contributed by atoms with Crippen LogP contribution in [0.3, 0.4) is 0 Å². The van der Waals surface area contributed by atoms with Gasteiger partial charge in [-0.2, -0.15) is 0 Å². The molecule has 174 valence electrons. The summed E-state index contributed by atoms with van der Waals surface area (Å²) in [7, 11) is 2.13. The minimum atomic E-state index is -0.693. The first kappa shape index (κ1) is 21.6. The maximum absolute atomic E-state index is 12.6. The van der Waals surface area contributed by atoms with E-state index in [2.05, 4.69) is 45.7 Å². The zero-order valence-electron chi connectivity index (χ0n) is 18.9. The van der Waals surface area contributed by atoms with Gasteiger partial charge in [-0.25, -0.2) is 0 Å². The van der Waals surface area contributed by atoms with E-state index in [1.54, 1.807) is 18.2 Å². The van der Waals surface area contributed by atoms with E-state index in [0.717, 1.165) is 45.3 Å². The summed E-state index contributed by atoms with van der Waals surface area (Å²) in [5.74, 6) is -0.154. The Balaban J connectivity index is 1.26. The zero-order valence-corrected chi connectivity index (χ0v) is 18.9. The smallest absolute Gasteiger partial charge is 0.313 e. The highest BCUT2D eigenvalue weighted by atomic mass is 16.7. The van der Waals surface area contributed by atoms with Crippen molar-refractivity contribution in [1.82, 2.24) is 10.2 Å². The second-order valence-electron chi connectivity index (χ2n) is 8.90. The van der Waals surface area contributed by atoms with Crippen molar-refractivity contribution in [3.63, 3.8) is 0 Å². The fourth-order valence-electron chi connectivity index (χ4n) is 4.96. The predicted molar refractivity (Wildman–Crippen MR) is 126 cm³/mol. The van der Waals surface area contributed by atoms with Crippen LogP contribution in [0.25, 0.3) is 0 Å². The molecular weight excluding hydrogens is 420 g/mol. The van der Waals surface area contributed by atoms with Crippen LogP contribution in [0, 0.1) is 0 Å². The molecule has 1 fully saturated rings. The van der Waals surface area contributed by atoms with Gasteiger partial charge >= 0.3 is 11.8 Å². The fourth-order valence-corrected chi connectivity index (χ4v) is 4.96. The van der Waals surface area contributed by atoms with Crippen molar-refractivity contribution in [3.8, 4) is 11.5 Å². The molecule has 0 aromatic heterocycles. The highest BCUT2D eigenvalue weighted by molar-refractivity contribution is 6.39. The number of carbonyl (C=O) groups is 2. The quantitative estimate of drug-likeness (QED) is 0.682. The lowest BCUT2D eigenvalue weighted by molar-refractivity contribution is -0.136. The normalized spacial score (nSPS) is 18.0. The summed E-state index contributed by atoms with van der Waals surface area (Å²) in [6.07, 6.45) is 4.54. The monoisotopic (exact) mass is 450 g/mol. The average Bonchev–Trinajstić information content (AvgIpc) is 3.51. The van der Waals surface area contributed by atoms with Crippen molar-refractivity contribution < 1.29 is 19.1 Å². The highest BCUT2D eigenvalue weighted by Crippen LogP contribution is 2.34. The lowest BCUT2D eigenvalue weighted by atomic mass is 9.96. The first-order valence-electron chi connectivity index (χ1n) is 11.7. The van der Waals surface area contributed by atoms with Gasteiger partial charge in [-0.05, 0) is 68.1 Å². The van der Waals surface area contributed by atoms with Gasteiger partial charge in [0.25, 0.3) is 0 Å². The number of rotatable bonds is 5. The number of nitrogens with zero attached hydrogens (tertiary/aromatic N) is 2. The van der Waals surface area contributed by atoms with Crippen LogP contribution >= 0.6 is 0 Å². The van der Waals surface area contributed by atoms with Crippen LogP contribution in [-0.2, 0) is 16.0 Å². The Morgan fingerprint density at radius 2 is 1.79 bits per heavy atom. The van der Waals surface area contributed by atoms with E-state index < -0.39 is 11.8 Å². The third kappa shape index (κ3) is 4.61. The number of nitrogens with one attached hydrogen (secondary N) is 2. The number of likely N-dealkylation sites (tertiary alicyclic amines) is 1. The minimum Gasteiger partial charge on any atom is -0.454 e. The van der Waals surface area contributed by atoms with E-state index in [1.807, 2.05) is 0 Å². The summed E-state index contributed by atoms with van der Waals surface area (Å²) in [6, 6.07) is 11.8. The Morgan fingerprint density at radius 3 is 2.64 bits per heavy atom. The van der Waals surface area contributed by atoms with E-state index >= 15 is 0 Å². The third-order valence-electron chi connectivity index (χ3n) is 6.71. The summed E-state index contributed by atoms with van der Waals surface area (Å²) in [5.41, 5.74) is 4.34. The van der Waals surface area contributed by atoms with Gasteiger partial charge in [0, 0.05) is 37.6 Å². The van der Waals surface area contributed by atoms with Crippen LogP contribution in [0.15, 0.2) is 36.4 Å². The highest BCUT2D eigenvalue weighted by Gasteiger charge is 2.27. The third-order valence-corrected chi connectivity index (χ3v) is 6.71. The van der Waals surface area contributed by atoms with Crippen molar-refractivity contribution >= 4 is 23.2 Å². The Bertz CT molecular complexity index is 1050. The molecule has 0 bridgehead atoms. The van der Waals surface area contributed by atoms with Crippen LogP contribution in [0.2, 0.25) is 0 Å². The molecule has 2 N–H and O–H groups in total. The predicted octanol–water partition coefficient (Wildman–Crippen LogP) is 2.69. The Kier molecular flexibility index (Phi) is 6.09. The van der Waals surface area contributed by atoms with Crippen LogP contribution in [0.5, 0.6) is 11.5 Å². The molecule has 33 heavy (non-hydrogen) atoms. The van der Waals surface area contributed by atoms with Crippen LogP contribution in [0.1, 0.15) is 36.4 Å². The zero-order chi connectivity index (χ0) is 22.8. The number of benzene rings is 2. The molecule has 5 rings (SSSR count). The van der Waals surface area contributed by atoms with Crippen molar-refractivity contribution in [2.75, 3.05) is 50.2 Å². The van der Waals surface area contributed by atoms with Crippen LogP contribution in [0.4, 0.5) is 11.4 Å². The number of ether oxygens (including phenoxy) is 2. The molecule has 0 spiro atoms. The Morgan fingerprint density at radius 1 is 0.970 bits per heavy atom. The molecule has 1 atom stereocenters. The van der Waals surface area contributed by atoms with E-state index in [1.165, 1.54) is 16.8 Å². The number of fused-ring (bicyclic) bond motifs is 2. The van der Waals surface area contributed by atoms with Gasteiger partial charge in [-0.15, -0.1) is 0 Å². The van der Waals surface area contributed by atoms with Crippen LogP contribution in [-0.4, -0.2) is 56.7 Å². The molecule has 0 aliphatic carbocycles. The molecule has 1 saturated heterocycles. The van der Waals surface area contributed by atoms with E-state index in [9.17, 15) is 9.59 Å². The standard InChI is InChI=1S/C25H30N4O4/c1-28-10-4-5-17-13-18(6-8-20(17)28)21(29-11-2-3-12-29)15-26-24(30)25(31)27-19-7-9-22-23(14-19)33-16-32-22/h6-9,13-14,21H,2-5,10-12,15-16H2,1H3,(H,26,30)(H,27,31)/t21-/m0/s1. The summed E-state index contributed by atoms with van der Waals surface area (Å²) < 4.78 is 10.6. The first-order chi connectivity index (χ1) is 16.1. The fraction of sp³-hybridized carbons (Fsp3) is 0.440. The Hall–Kier alpha value is -3.26. The molecule has 3 aliphatic heterocycles. The van der Waals surface area contributed by atoms with Crippen molar-refractivity contribution in [3.05, 3.63) is 47.5 Å². The molecule has 0 radical (unpaired) electrons. The summed E-state index contributed by atoms with van der Waals surface area (Å²) in [4.78, 5) is 29.8. The number of amides is 2. The maximum atomic E-state index is 12.6. The summed E-state index contributed by atoms with van der Waals surface area (Å²) in [6.45, 7) is 3.63. The maximum Gasteiger partial charge on any atom is 0.313 e. The molecule has 3 heterocycles. The first-order valence-corrected chi connectivity index (χ1v) is 11.7. The summed E-state index contributed by atoms with van der Waals surface area (Å²) >= 11 is 0. The molecule has 2 aromatic carbocycles.